The molecule has 3 rings (SSSR count). The standard InChI is InChI=1S/C16H18O3SSi/c1-9-15(21(3,4)5)13-10-6-7-20-12(10)8-11(14(13)19-9)16(17)18-2/h6-8H,1-5H3. The number of hydrogen-bond donors (Lipinski definition) is 0. The predicted octanol–water partition coefficient (Wildman–Crippen LogP) is 4.29. The number of methoxy groups -OCH3 is 1. The molecule has 0 aliphatic carbocycles. The molecule has 0 amide bonds. The van der Waals surface area contributed by atoms with Crippen LogP contribution in [0, 0.1) is 6.92 Å². The van der Waals surface area contributed by atoms with E-state index in [4.69, 9.17) is 9.15 Å². The normalized spacial score (nSPS) is 12.2. The molecule has 0 aliphatic heterocycles. The Hall–Kier alpha value is -1.59. The minimum absolute atomic E-state index is 0.342. The third-order valence-corrected chi connectivity index (χ3v) is 6.69. The second-order valence-electron chi connectivity index (χ2n) is 6.24. The highest BCUT2D eigenvalue weighted by Gasteiger charge is 2.29. The lowest BCUT2D eigenvalue weighted by atomic mass is 10.1. The molecule has 110 valence electrons. The van der Waals surface area contributed by atoms with Gasteiger partial charge in [0, 0.05) is 15.5 Å². The largest absolute Gasteiger partial charge is 0.465 e. The Morgan fingerprint density at radius 1 is 1.33 bits per heavy atom. The molecule has 3 nitrogen and oxygen atoms in total. The molecule has 0 spiro atoms. The van der Waals surface area contributed by atoms with E-state index < -0.39 is 8.07 Å². The number of rotatable bonds is 2. The van der Waals surface area contributed by atoms with E-state index in [2.05, 4.69) is 31.1 Å². The number of aryl methyl sites for hydroxylation is 1. The molecule has 0 saturated heterocycles. The number of ether oxygens (including phenoxy) is 1. The van der Waals surface area contributed by atoms with Crippen LogP contribution < -0.4 is 5.19 Å². The number of carbonyl (C=O) groups excluding carboxylic acids is 1. The SMILES string of the molecule is COC(=O)c1cc2sccc2c2c([Si](C)(C)C)c(C)oc12. The van der Waals surface area contributed by atoms with Gasteiger partial charge in [-0.15, -0.1) is 11.3 Å². The maximum atomic E-state index is 12.1. The number of esters is 1. The minimum atomic E-state index is -1.59. The summed E-state index contributed by atoms with van der Waals surface area (Å²) in [5, 5.41) is 5.64. The Labute approximate surface area is 128 Å². The van der Waals surface area contributed by atoms with Crippen molar-refractivity contribution in [3.8, 4) is 0 Å². The van der Waals surface area contributed by atoms with Crippen LogP contribution in [0.4, 0.5) is 0 Å². The van der Waals surface area contributed by atoms with E-state index in [1.54, 1.807) is 11.3 Å². The monoisotopic (exact) mass is 318 g/mol. The van der Waals surface area contributed by atoms with Crippen molar-refractivity contribution >= 4 is 51.6 Å². The Morgan fingerprint density at radius 3 is 2.67 bits per heavy atom. The molecule has 0 atom stereocenters. The van der Waals surface area contributed by atoms with Crippen molar-refractivity contribution in [1.82, 2.24) is 0 Å². The quantitative estimate of drug-likeness (QED) is 0.523. The maximum absolute atomic E-state index is 12.1. The van der Waals surface area contributed by atoms with Gasteiger partial charge in [-0.1, -0.05) is 19.6 Å². The second-order valence-corrected chi connectivity index (χ2v) is 12.2. The van der Waals surface area contributed by atoms with Gasteiger partial charge in [0.15, 0.2) is 0 Å². The van der Waals surface area contributed by atoms with Crippen LogP contribution >= 0.6 is 11.3 Å². The predicted molar refractivity (Wildman–Crippen MR) is 90.7 cm³/mol. The summed E-state index contributed by atoms with van der Waals surface area (Å²) in [5.41, 5.74) is 1.19. The summed E-state index contributed by atoms with van der Waals surface area (Å²) in [6.45, 7) is 8.89. The summed E-state index contributed by atoms with van der Waals surface area (Å²) in [5.74, 6) is 0.583. The van der Waals surface area contributed by atoms with Gasteiger partial charge in [-0.25, -0.2) is 4.79 Å². The summed E-state index contributed by atoms with van der Waals surface area (Å²) < 4.78 is 12.0. The van der Waals surface area contributed by atoms with Gasteiger partial charge in [-0.2, -0.15) is 0 Å². The van der Waals surface area contributed by atoms with Gasteiger partial charge in [-0.3, -0.25) is 0 Å². The van der Waals surface area contributed by atoms with Crippen molar-refractivity contribution in [1.29, 1.82) is 0 Å². The molecule has 0 unspecified atom stereocenters. The van der Waals surface area contributed by atoms with E-state index in [-0.39, 0.29) is 5.97 Å². The maximum Gasteiger partial charge on any atom is 0.341 e. The van der Waals surface area contributed by atoms with Crippen LogP contribution in [0.2, 0.25) is 19.6 Å². The molecule has 0 bridgehead atoms. The molecule has 0 N–H and O–H groups in total. The van der Waals surface area contributed by atoms with Crippen LogP contribution in [-0.4, -0.2) is 21.2 Å². The van der Waals surface area contributed by atoms with Crippen LogP contribution in [0.25, 0.3) is 21.1 Å². The Kier molecular flexibility index (Phi) is 3.22. The Bertz CT molecular complexity index is 852. The van der Waals surface area contributed by atoms with Crippen molar-refractivity contribution in [3.63, 3.8) is 0 Å². The van der Waals surface area contributed by atoms with E-state index in [0.29, 0.717) is 11.1 Å². The summed E-state index contributed by atoms with van der Waals surface area (Å²) in [7, 11) is -0.185. The number of hydrogen-bond acceptors (Lipinski definition) is 4. The van der Waals surface area contributed by atoms with Crippen molar-refractivity contribution in [2.45, 2.75) is 26.6 Å². The summed E-state index contributed by atoms with van der Waals surface area (Å²) >= 11 is 1.64. The summed E-state index contributed by atoms with van der Waals surface area (Å²) in [4.78, 5) is 12.1. The minimum Gasteiger partial charge on any atom is -0.465 e. The lowest BCUT2D eigenvalue weighted by Crippen LogP contribution is -2.38. The molecule has 0 radical (unpaired) electrons. The van der Waals surface area contributed by atoms with Crippen LogP contribution in [-0.2, 0) is 4.74 Å². The Morgan fingerprint density at radius 2 is 2.05 bits per heavy atom. The van der Waals surface area contributed by atoms with Gasteiger partial charge in [0.1, 0.15) is 16.9 Å². The molecule has 3 aromatic rings. The van der Waals surface area contributed by atoms with E-state index in [1.165, 1.54) is 17.7 Å². The van der Waals surface area contributed by atoms with Crippen LogP contribution in [0.5, 0.6) is 0 Å². The first-order valence-corrected chi connectivity index (χ1v) is 11.2. The van der Waals surface area contributed by atoms with Crippen LogP contribution in [0.15, 0.2) is 21.9 Å². The zero-order valence-electron chi connectivity index (χ0n) is 12.9. The lowest BCUT2D eigenvalue weighted by Gasteiger charge is -2.16. The first-order chi connectivity index (χ1) is 9.84. The van der Waals surface area contributed by atoms with Gasteiger partial charge in [-0.05, 0) is 29.6 Å². The second kappa shape index (κ2) is 4.71. The molecule has 1 aromatic carbocycles. The number of thiophene rings is 1. The molecular weight excluding hydrogens is 300 g/mol. The average molecular weight is 318 g/mol. The summed E-state index contributed by atoms with van der Waals surface area (Å²) in [6.07, 6.45) is 0. The first-order valence-electron chi connectivity index (χ1n) is 6.86. The number of fused-ring (bicyclic) bond motifs is 3. The lowest BCUT2D eigenvalue weighted by molar-refractivity contribution is 0.0602. The summed E-state index contributed by atoms with van der Waals surface area (Å²) in [6, 6.07) is 3.99. The highest BCUT2D eigenvalue weighted by Crippen LogP contribution is 2.34. The van der Waals surface area contributed by atoms with Gasteiger partial charge in [0.2, 0.25) is 0 Å². The molecule has 0 aliphatic rings. The molecule has 21 heavy (non-hydrogen) atoms. The van der Waals surface area contributed by atoms with E-state index >= 15 is 0 Å². The topological polar surface area (TPSA) is 39.4 Å². The fourth-order valence-electron chi connectivity index (χ4n) is 2.99. The van der Waals surface area contributed by atoms with Crippen LogP contribution in [0.1, 0.15) is 16.1 Å². The van der Waals surface area contributed by atoms with Crippen molar-refractivity contribution in [2.24, 2.45) is 0 Å². The molecule has 2 aromatic heterocycles. The number of furan rings is 1. The zero-order chi connectivity index (χ0) is 15.4. The van der Waals surface area contributed by atoms with Crippen molar-refractivity contribution < 1.29 is 13.9 Å². The highest BCUT2D eigenvalue weighted by atomic mass is 32.1. The van der Waals surface area contributed by atoms with Crippen molar-refractivity contribution in [2.75, 3.05) is 7.11 Å². The number of benzene rings is 1. The van der Waals surface area contributed by atoms with Gasteiger partial charge in [0.05, 0.1) is 15.2 Å². The van der Waals surface area contributed by atoms with Crippen molar-refractivity contribution in [3.05, 3.63) is 28.8 Å². The highest BCUT2D eigenvalue weighted by molar-refractivity contribution is 7.17. The van der Waals surface area contributed by atoms with E-state index in [1.807, 2.05) is 13.0 Å². The van der Waals surface area contributed by atoms with Gasteiger partial charge < -0.3 is 9.15 Å². The van der Waals surface area contributed by atoms with Gasteiger partial charge >= 0.3 is 5.97 Å². The third kappa shape index (κ3) is 2.11. The van der Waals surface area contributed by atoms with E-state index in [9.17, 15) is 4.79 Å². The molecule has 5 heteroatoms. The molecule has 2 heterocycles. The molecule has 0 fully saturated rings. The van der Waals surface area contributed by atoms with Gasteiger partial charge in [0.25, 0.3) is 0 Å². The third-order valence-electron chi connectivity index (χ3n) is 3.72. The zero-order valence-corrected chi connectivity index (χ0v) is 14.7. The molecule has 0 saturated carbocycles. The van der Waals surface area contributed by atoms with E-state index in [0.717, 1.165) is 15.8 Å². The molecular formula is C16H18O3SSi. The average Bonchev–Trinajstić information content (AvgIpc) is 2.98. The smallest absolute Gasteiger partial charge is 0.341 e. The van der Waals surface area contributed by atoms with Crippen LogP contribution in [0.3, 0.4) is 0 Å². The number of carbonyl (C=O) groups is 1. The fraction of sp³-hybridized carbons (Fsp3) is 0.312. The first kappa shape index (κ1) is 14.3. The Balaban J connectivity index is 2.54. The fourth-order valence-corrected chi connectivity index (χ4v) is 5.93.